The van der Waals surface area contributed by atoms with Gasteiger partial charge in [0.2, 0.25) is 5.91 Å². The minimum absolute atomic E-state index is 0.0255. The summed E-state index contributed by atoms with van der Waals surface area (Å²) in [6, 6.07) is 14.8. The maximum Gasteiger partial charge on any atom is 0.408 e. The third-order valence-electron chi connectivity index (χ3n) is 6.23. The first-order valence-electron chi connectivity index (χ1n) is 13.2. The lowest BCUT2D eigenvalue weighted by Gasteiger charge is -2.17. The average molecular weight is 559 g/mol. The Morgan fingerprint density at radius 3 is 2.13 bits per heavy atom. The first-order chi connectivity index (χ1) is 18.6. The van der Waals surface area contributed by atoms with Crippen molar-refractivity contribution in [1.29, 1.82) is 0 Å². The Labute approximate surface area is 230 Å². The van der Waals surface area contributed by atoms with E-state index in [2.05, 4.69) is 5.32 Å². The minimum Gasteiger partial charge on any atom is -0.445 e. The van der Waals surface area contributed by atoms with Gasteiger partial charge in [0.1, 0.15) is 12.4 Å². The van der Waals surface area contributed by atoms with E-state index in [0.29, 0.717) is 25.7 Å². The number of rotatable bonds is 18. The molecule has 0 spiro atoms. The summed E-state index contributed by atoms with van der Waals surface area (Å²) in [4.78, 5) is 48.5. The SMILES string of the molecule is Cc1ccc(S(=O)(=O)CCC(=O)CCCCCCC(=O)[C@H](CCC(N)=O)NC(=O)OCc2ccccc2)cc1. The van der Waals surface area contributed by atoms with Gasteiger partial charge in [0.15, 0.2) is 15.6 Å². The molecule has 0 saturated carbocycles. The molecule has 0 radical (unpaired) electrons. The monoisotopic (exact) mass is 558 g/mol. The van der Waals surface area contributed by atoms with E-state index in [4.69, 9.17) is 10.5 Å². The quantitative estimate of drug-likeness (QED) is 0.260. The Morgan fingerprint density at radius 1 is 0.846 bits per heavy atom. The van der Waals surface area contributed by atoms with Gasteiger partial charge in [-0.05, 0) is 43.9 Å². The van der Waals surface area contributed by atoms with Crippen LogP contribution < -0.4 is 11.1 Å². The zero-order valence-electron chi connectivity index (χ0n) is 22.4. The lowest BCUT2D eigenvalue weighted by molar-refractivity contribution is -0.122. The van der Waals surface area contributed by atoms with Crippen LogP contribution in [0.15, 0.2) is 59.5 Å². The van der Waals surface area contributed by atoms with Gasteiger partial charge in [0, 0.05) is 25.7 Å². The molecule has 0 heterocycles. The zero-order valence-corrected chi connectivity index (χ0v) is 23.2. The number of ether oxygens (including phenoxy) is 1. The summed E-state index contributed by atoms with van der Waals surface area (Å²) in [5.74, 6) is -1.10. The molecule has 0 fully saturated rings. The smallest absolute Gasteiger partial charge is 0.408 e. The molecule has 9 nitrogen and oxygen atoms in total. The third kappa shape index (κ3) is 12.7. The molecule has 2 aromatic carbocycles. The maximum atomic E-state index is 12.7. The van der Waals surface area contributed by atoms with Crippen molar-refractivity contribution < 1.29 is 32.3 Å². The van der Waals surface area contributed by atoms with Crippen molar-refractivity contribution in [2.24, 2.45) is 5.73 Å². The van der Waals surface area contributed by atoms with Gasteiger partial charge >= 0.3 is 6.09 Å². The van der Waals surface area contributed by atoms with Crippen molar-refractivity contribution in [3.63, 3.8) is 0 Å². The van der Waals surface area contributed by atoms with E-state index in [-0.39, 0.29) is 60.9 Å². The summed E-state index contributed by atoms with van der Waals surface area (Å²) in [6.45, 7) is 1.93. The fourth-order valence-corrected chi connectivity index (χ4v) is 5.18. The molecule has 0 unspecified atom stereocenters. The van der Waals surface area contributed by atoms with Crippen molar-refractivity contribution in [3.8, 4) is 0 Å². The number of carbonyl (C=O) groups excluding carboxylic acids is 4. The lowest BCUT2D eigenvalue weighted by atomic mass is 10.0. The number of Topliss-reactive ketones (excluding diaryl/α,β-unsaturated/α-hetero) is 2. The first-order valence-corrected chi connectivity index (χ1v) is 14.8. The van der Waals surface area contributed by atoms with E-state index in [9.17, 15) is 27.6 Å². The predicted octanol–water partition coefficient (Wildman–Crippen LogP) is 4.20. The van der Waals surface area contributed by atoms with E-state index in [1.165, 1.54) is 0 Å². The van der Waals surface area contributed by atoms with E-state index < -0.39 is 27.9 Å². The van der Waals surface area contributed by atoms with Crippen LogP contribution in [0.3, 0.4) is 0 Å². The Bertz CT molecular complexity index is 1200. The number of sulfone groups is 1. The van der Waals surface area contributed by atoms with Crippen LogP contribution in [0.2, 0.25) is 0 Å². The number of aryl methyl sites for hydroxylation is 1. The molecule has 0 aromatic heterocycles. The highest BCUT2D eigenvalue weighted by atomic mass is 32.2. The number of hydrogen-bond donors (Lipinski definition) is 2. The summed E-state index contributed by atoms with van der Waals surface area (Å²) in [7, 11) is -3.49. The molecule has 0 saturated heterocycles. The summed E-state index contributed by atoms with van der Waals surface area (Å²) >= 11 is 0. The summed E-state index contributed by atoms with van der Waals surface area (Å²) < 4.78 is 30.0. The Morgan fingerprint density at radius 2 is 1.49 bits per heavy atom. The van der Waals surface area contributed by atoms with Crippen LogP contribution in [0.1, 0.15) is 68.9 Å². The van der Waals surface area contributed by atoms with E-state index in [0.717, 1.165) is 11.1 Å². The molecular formula is C29H38N2O7S. The van der Waals surface area contributed by atoms with E-state index in [1.54, 1.807) is 24.3 Å². The van der Waals surface area contributed by atoms with Gasteiger partial charge in [-0.25, -0.2) is 13.2 Å². The van der Waals surface area contributed by atoms with Crippen molar-refractivity contribution in [3.05, 3.63) is 65.7 Å². The molecule has 2 amide bonds. The topological polar surface area (TPSA) is 150 Å². The van der Waals surface area contributed by atoms with E-state index >= 15 is 0 Å². The van der Waals surface area contributed by atoms with Crippen LogP contribution >= 0.6 is 0 Å². The van der Waals surface area contributed by atoms with Gasteiger partial charge in [-0.3, -0.25) is 14.4 Å². The average Bonchev–Trinajstić information content (AvgIpc) is 2.91. The van der Waals surface area contributed by atoms with Crippen LogP contribution in [0.4, 0.5) is 4.79 Å². The Kier molecular flexibility index (Phi) is 13.4. The normalized spacial score (nSPS) is 11.9. The van der Waals surface area contributed by atoms with Gasteiger partial charge < -0.3 is 15.8 Å². The summed E-state index contributed by atoms with van der Waals surface area (Å²) in [5, 5.41) is 2.54. The maximum absolute atomic E-state index is 12.7. The number of alkyl carbamates (subject to hydrolysis) is 1. The summed E-state index contributed by atoms with van der Waals surface area (Å²) in [6.07, 6.45) is 2.33. The number of carbonyl (C=O) groups is 4. The molecule has 0 bridgehead atoms. The molecule has 2 aromatic rings. The molecule has 39 heavy (non-hydrogen) atoms. The number of unbranched alkanes of at least 4 members (excludes halogenated alkanes) is 3. The second-order valence-electron chi connectivity index (χ2n) is 9.56. The van der Waals surface area contributed by atoms with Crippen molar-refractivity contribution in [1.82, 2.24) is 5.32 Å². The van der Waals surface area contributed by atoms with Crippen molar-refractivity contribution in [2.75, 3.05) is 5.75 Å². The van der Waals surface area contributed by atoms with Gasteiger partial charge in [-0.15, -0.1) is 0 Å². The zero-order chi connectivity index (χ0) is 28.7. The highest BCUT2D eigenvalue weighted by molar-refractivity contribution is 7.91. The minimum atomic E-state index is -3.49. The van der Waals surface area contributed by atoms with Gasteiger partial charge in [0.25, 0.3) is 0 Å². The van der Waals surface area contributed by atoms with E-state index in [1.807, 2.05) is 37.3 Å². The van der Waals surface area contributed by atoms with Crippen LogP contribution in [-0.4, -0.2) is 43.8 Å². The molecular weight excluding hydrogens is 520 g/mol. The summed E-state index contributed by atoms with van der Waals surface area (Å²) in [5.41, 5.74) is 6.98. The number of nitrogens with two attached hydrogens (primary N) is 1. The Hall–Kier alpha value is -3.53. The lowest BCUT2D eigenvalue weighted by Crippen LogP contribution is -2.41. The highest BCUT2D eigenvalue weighted by Crippen LogP contribution is 2.15. The van der Waals surface area contributed by atoms with Gasteiger partial charge in [0.05, 0.1) is 16.7 Å². The molecule has 0 aliphatic rings. The number of benzene rings is 2. The number of primary amides is 1. The van der Waals surface area contributed by atoms with Crippen LogP contribution in [0, 0.1) is 6.92 Å². The highest BCUT2D eigenvalue weighted by Gasteiger charge is 2.22. The van der Waals surface area contributed by atoms with Crippen molar-refractivity contribution >= 4 is 33.4 Å². The third-order valence-corrected chi connectivity index (χ3v) is 7.96. The second kappa shape index (κ2) is 16.4. The fourth-order valence-electron chi connectivity index (χ4n) is 3.89. The van der Waals surface area contributed by atoms with Gasteiger partial charge in [-0.2, -0.15) is 0 Å². The second-order valence-corrected chi connectivity index (χ2v) is 11.7. The molecule has 2 rings (SSSR count). The molecule has 1 atom stereocenters. The molecule has 3 N–H and O–H groups in total. The Balaban J connectivity index is 1.67. The molecule has 212 valence electrons. The largest absolute Gasteiger partial charge is 0.445 e. The number of amides is 2. The molecule has 0 aliphatic heterocycles. The number of nitrogens with one attached hydrogen (secondary N) is 1. The number of hydrogen-bond acceptors (Lipinski definition) is 7. The van der Waals surface area contributed by atoms with Crippen molar-refractivity contribution in [2.45, 2.75) is 82.3 Å². The van der Waals surface area contributed by atoms with Crippen LogP contribution in [0.5, 0.6) is 0 Å². The fraction of sp³-hybridized carbons (Fsp3) is 0.448. The standard InChI is InChI=1S/C29H38N2O7S/c1-22-13-15-25(16-14-22)39(36,37)20-19-24(32)11-7-2-3-8-12-27(33)26(17-18-28(30)34)31-29(35)38-21-23-9-5-4-6-10-23/h4-6,9-10,13-16,26H,2-3,7-8,11-12,17-21H2,1H3,(H2,30,34)(H,31,35)/t26-/m0/s1. The van der Waals surface area contributed by atoms with Crippen LogP contribution in [-0.2, 0) is 35.6 Å². The molecule has 10 heteroatoms. The van der Waals surface area contributed by atoms with Gasteiger partial charge in [-0.1, -0.05) is 60.9 Å². The molecule has 0 aliphatic carbocycles. The van der Waals surface area contributed by atoms with Crippen LogP contribution in [0.25, 0.3) is 0 Å². The predicted molar refractivity (Wildman–Crippen MR) is 148 cm³/mol. The number of ketones is 2. The first kappa shape index (κ1) is 31.7.